The summed E-state index contributed by atoms with van der Waals surface area (Å²) in [4.78, 5) is 27.9. The number of amides is 3. The normalized spacial score (nSPS) is 14.1. The molecule has 3 amide bonds. The van der Waals surface area contributed by atoms with Crippen LogP contribution in [-0.4, -0.2) is 38.7 Å². The number of thiophene rings is 1. The van der Waals surface area contributed by atoms with Gasteiger partial charge in [0.2, 0.25) is 0 Å². The molecule has 8 nitrogen and oxygen atoms in total. The van der Waals surface area contributed by atoms with Crippen LogP contribution in [0, 0.1) is 0 Å². The zero-order valence-corrected chi connectivity index (χ0v) is 16.2. The van der Waals surface area contributed by atoms with Crippen LogP contribution in [0.5, 0.6) is 0 Å². The van der Waals surface area contributed by atoms with Crippen molar-refractivity contribution in [3.63, 3.8) is 0 Å². The largest absolute Gasteiger partial charge is 0.365 e. The summed E-state index contributed by atoms with van der Waals surface area (Å²) in [7, 11) is 0. The molecule has 3 aromatic rings. The van der Waals surface area contributed by atoms with E-state index < -0.39 is 11.9 Å². The predicted molar refractivity (Wildman–Crippen MR) is 108 cm³/mol. The summed E-state index contributed by atoms with van der Waals surface area (Å²) >= 11 is 2.50. The molecule has 0 saturated carbocycles. The quantitative estimate of drug-likeness (QED) is 0.621. The number of fused-ring (bicyclic) bond motifs is 2. The average Bonchev–Trinajstić information content (AvgIpc) is 3.25. The van der Waals surface area contributed by atoms with Crippen LogP contribution in [0.1, 0.15) is 27.7 Å². The Hall–Kier alpha value is -2.56. The second kappa shape index (κ2) is 7.22. The van der Waals surface area contributed by atoms with Gasteiger partial charge in [0.25, 0.3) is 5.91 Å². The molecule has 3 heterocycles. The van der Waals surface area contributed by atoms with E-state index in [-0.39, 0.29) is 0 Å². The number of rotatable bonds is 4. The first-order chi connectivity index (χ1) is 13.1. The molecule has 4 rings (SSSR count). The van der Waals surface area contributed by atoms with Crippen LogP contribution >= 0.6 is 23.1 Å². The summed E-state index contributed by atoms with van der Waals surface area (Å²) < 4.78 is 8.37. The Balaban J connectivity index is 1.59. The number of urea groups is 1. The lowest BCUT2D eigenvalue weighted by Gasteiger charge is -2.25. The molecule has 2 aromatic heterocycles. The van der Waals surface area contributed by atoms with Crippen LogP contribution in [0.2, 0.25) is 0 Å². The molecule has 1 aliphatic rings. The number of nitrogens with two attached hydrogens (primary N) is 1. The van der Waals surface area contributed by atoms with Crippen LogP contribution in [0.4, 0.5) is 15.5 Å². The second-order valence-electron chi connectivity index (χ2n) is 6.21. The minimum Gasteiger partial charge on any atom is -0.365 e. The van der Waals surface area contributed by atoms with E-state index in [0.717, 1.165) is 53.7 Å². The summed E-state index contributed by atoms with van der Waals surface area (Å²) in [6.45, 7) is 4.70. The highest BCUT2D eigenvalue weighted by atomic mass is 32.1. The van der Waals surface area contributed by atoms with E-state index in [1.54, 1.807) is 12.1 Å². The fraction of sp³-hybridized carbons (Fsp3) is 0.294. The molecule has 10 heteroatoms. The Morgan fingerprint density at radius 3 is 2.93 bits per heavy atom. The van der Waals surface area contributed by atoms with E-state index in [4.69, 9.17) is 5.73 Å². The van der Waals surface area contributed by atoms with Gasteiger partial charge in [-0.3, -0.25) is 15.0 Å². The molecule has 0 saturated heterocycles. The third-order valence-corrected chi connectivity index (χ3v) is 6.27. The van der Waals surface area contributed by atoms with Gasteiger partial charge in [-0.1, -0.05) is 13.0 Å². The van der Waals surface area contributed by atoms with Gasteiger partial charge >= 0.3 is 6.03 Å². The lowest BCUT2D eigenvalue weighted by atomic mass is 10.0. The van der Waals surface area contributed by atoms with Crippen molar-refractivity contribution in [3.8, 4) is 0 Å². The lowest BCUT2D eigenvalue weighted by molar-refractivity contribution is 0.1000. The molecule has 0 atom stereocenters. The Morgan fingerprint density at radius 2 is 2.15 bits per heavy atom. The Morgan fingerprint density at radius 1 is 1.30 bits per heavy atom. The number of likely N-dealkylation sites (N-methyl/N-ethyl adjacent to an activating group) is 1. The number of benzene rings is 1. The van der Waals surface area contributed by atoms with Crippen molar-refractivity contribution in [2.75, 3.05) is 23.7 Å². The number of nitrogens with zero attached hydrogens (tertiary/aromatic N) is 3. The summed E-state index contributed by atoms with van der Waals surface area (Å²) in [6, 6.07) is 4.96. The van der Waals surface area contributed by atoms with Crippen molar-refractivity contribution in [3.05, 3.63) is 34.2 Å². The second-order valence-corrected chi connectivity index (χ2v) is 7.84. The molecule has 0 aliphatic carbocycles. The SMILES string of the molecule is CCN1CCc2c(sc(NC(=O)Nc3cccc4nsnc34)c2C(N)=O)C1. The number of primary amides is 1. The van der Waals surface area contributed by atoms with Crippen LogP contribution in [0.15, 0.2) is 18.2 Å². The summed E-state index contributed by atoms with van der Waals surface area (Å²) in [5, 5.41) is 6.07. The highest BCUT2D eigenvalue weighted by molar-refractivity contribution is 7.17. The molecule has 0 radical (unpaired) electrons. The Kier molecular flexibility index (Phi) is 4.77. The predicted octanol–water partition coefficient (Wildman–Crippen LogP) is 2.87. The van der Waals surface area contributed by atoms with Gasteiger partial charge in [-0.2, -0.15) is 8.75 Å². The van der Waals surface area contributed by atoms with Gasteiger partial charge in [0.05, 0.1) is 23.0 Å². The van der Waals surface area contributed by atoms with Crippen molar-refractivity contribution in [2.45, 2.75) is 19.9 Å². The van der Waals surface area contributed by atoms with Crippen LogP contribution in [-0.2, 0) is 13.0 Å². The highest BCUT2D eigenvalue weighted by Gasteiger charge is 2.27. The van der Waals surface area contributed by atoms with Crippen molar-refractivity contribution in [2.24, 2.45) is 5.73 Å². The zero-order chi connectivity index (χ0) is 19.0. The summed E-state index contributed by atoms with van der Waals surface area (Å²) in [5.74, 6) is -0.515. The molecule has 1 aliphatic heterocycles. The third-order valence-electron chi connectivity index (χ3n) is 4.59. The molecule has 0 spiro atoms. The Labute approximate surface area is 163 Å². The van der Waals surface area contributed by atoms with Gasteiger partial charge in [0, 0.05) is 18.0 Å². The minimum absolute atomic E-state index is 0.425. The molecule has 0 bridgehead atoms. The number of carbonyl (C=O) groups is 2. The van der Waals surface area contributed by atoms with E-state index in [1.165, 1.54) is 11.3 Å². The van der Waals surface area contributed by atoms with E-state index in [0.29, 0.717) is 21.8 Å². The lowest BCUT2D eigenvalue weighted by Crippen LogP contribution is -2.30. The number of hydrogen-bond donors (Lipinski definition) is 3. The van der Waals surface area contributed by atoms with Crippen molar-refractivity contribution < 1.29 is 9.59 Å². The Bertz CT molecular complexity index is 1030. The molecule has 1 aromatic carbocycles. The van der Waals surface area contributed by atoms with Gasteiger partial charge in [-0.15, -0.1) is 11.3 Å². The molecular formula is C17H18N6O2S2. The maximum absolute atomic E-state index is 12.5. The van der Waals surface area contributed by atoms with Crippen LogP contribution < -0.4 is 16.4 Å². The number of aromatic nitrogens is 2. The molecule has 4 N–H and O–H groups in total. The maximum atomic E-state index is 12.5. The molecule has 0 fully saturated rings. The first-order valence-corrected chi connectivity index (χ1v) is 10.1. The van der Waals surface area contributed by atoms with Gasteiger partial charge in [-0.05, 0) is 30.7 Å². The highest BCUT2D eigenvalue weighted by Crippen LogP contribution is 2.37. The van der Waals surface area contributed by atoms with Crippen molar-refractivity contribution in [1.29, 1.82) is 0 Å². The molecule has 0 unspecified atom stereocenters. The number of nitrogens with one attached hydrogen (secondary N) is 2. The fourth-order valence-corrected chi connectivity index (χ4v) is 5.08. The van der Waals surface area contributed by atoms with E-state index in [1.807, 2.05) is 6.07 Å². The zero-order valence-electron chi connectivity index (χ0n) is 14.6. The topological polar surface area (TPSA) is 113 Å². The molecular weight excluding hydrogens is 384 g/mol. The van der Waals surface area contributed by atoms with Crippen LogP contribution in [0.3, 0.4) is 0 Å². The standard InChI is InChI=1S/C17H18N6O2S2/c1-2-23-7-6-9-12(8-23)26-16(13(9)15(18)24)20-17(25)19-10-4-3-5-11-14(10)22-27-21-11/h3-5H,2,6-8H2,1H3,(H2,18,24)(H2,19,20,25). The number of anilines is 2. The van der Waals surface area contributed by atoms with E-state index in [2.05, 4.69) is 31.2 Å². The summed E-state index contributed by atoms with van der Waals surface area (Å²) in [5.41, 5.74) is 8.91. The third kappa shape index (κ3) is 3.38. The fourth-order valence-electron chi connectivity index (χ4n) is 3.24. The van der Waals surface area contributed by atoms with Gasteiger partial charge < -0.3 is 11.1 Å². The molecule has 140 valence electrons. The summed E-state index contributed by atoms with van der Waals surface area (Å²) in [6.07, 6.45) is 0.755. The van der Waals surface area contributed by atoms with Crippen molar-refractivity contribution in [1.82, 2.24) is 13.6 Å². The maximum Gasteiger partial charge on any atom is 0.324 e. The number of hydrogen-bond acceptors (Lipinski definition) is 7. The average molecular weight is 403 g/mol. The van der Waals surface area contributed by atoms with Crippen LogP contribution in [0.25, 0.3) is 11.0 Å². The minimum atomic E-state index is -0.515. The van der Waals surface area contributed by atoms with Gasteiger partial charge in [0.1, 0.15) is 16.0 Å². The first kappa shape index (κ1) is 17.8. The van der Waals surface area contributed by atoms with E-state index >= 15 is 0 Å². The molecule has 27 heavy (non-hydrogen) atoms. The smallest absolute Gasteiger partial charge is 0.324 e. The van der Waals surface area contributed by atoms with Gasteiger partial charge in [-0.25, -0.2) is 4.79 Å². The van der Waals surface area contributed by atoms with E-state index in [9.17, 15) is 9.59 Å². The monoisotopic (exact) mass is 402 g/mol. The first-order valence-electron chi connectivity index (χ1n) is 8.52. The van der Waals surface area contributed by atoms with Gasteiger partial charge in [0.15, 0.2) is 0 Å². The van der Waals surface area contributed by atoms with Crippen molar-refractivity contribution >= 4 is 56.7 Å². The number of carbonyl (C=O) groups excluding carboxylic acids is 2.